The van der Waals surface area contributed by atoms with Crippen molar-refractivity contribution in [1.82, 2.24) is 14.5 Å². The number of nitrogens with zero attached hydrogens (tertiary/aromatic N) is 3. The van der Waals surface area contributed by atoms with E-state index in [2.05, 4.69) is 20.9 Å². The number of anilines is 1. The van der Waals surface area contributed by atoms with Crippen LogP contribution in [0.25, 0.3) is 11.2 Å². The van der Waals surface area contributed by atoms with Gasteiger partial charge in [0.15, 0.2) is 5.65 Å². The smallest absolute Gasteiger partial charge is 0.229 e. The van der Waals surface area contributed by atoms with E-state index < -0.39 is 5.41 Å². The van der Waals surface area contributed by atoms with Gasteiger partial charge >= 0.3 is 0 Å². The van der Waals surface area contributed by atoms with Crippen molar-refractivity contribution in [3.8, 4) is 5.75 Å². The lowest BCUT2D eigenvalue weighted by atomic mass is 9.95. The summed E-state index contributed by atoms with van der Waals surface area (Å²) in [4.78, 5) is 21.7. The number of aryl methyl sites for hydroxylation is 2. The van der Waals surface area contributed by atoms with Crippen LogP contribution in [-0.2, 0) is 11.3 Å². The molecule has 1 N–H and O–H groups in total. The summed E-state index contributed by atoms with van der Waals surface area (Å²) in [5.41, 5.74) is 3.69. The van der Waals surface area contributed by atoms with E-state index in [4.69, 9.17) is 9.72 Å². The molecule has 0 atom stereocenters. The third-order valence-electron chi connectivity index (χ3n) is 4.51. The van der Waals surface area contributed by atoms with Crippen LogP contribution in [0.1, 0.15) is 37.9 Å². The first-order chi connectivity index (χ1) is 12.7. The van der Waals surface area contributed by atoms with E-state index in [9.17, 15) is 4.79 Å². The minimum absolute atomic E-state index is 0.0423. The minimum atomic E-state index is -0.469. The van der Waals surface area contributed by atoms with Gasteiger partial charge in [0, 0.05) is 5.41 Å². The molecule has 1 aromatic carbocycles. The van der Waals surface area contributed by atoms with Crippen molar-refractivity contribution in [3.63, 3.8) is 0 Å². The number of fused-ring (bicyclic) bond motifs is 1. The topological polar surface area (TPSA) is 69.0 Å². The summed E-state index contributed by atoms with van der Waals surface area (Å²) in [5, 5.41) is 2.97. The lowest BCUT2D eigenvalue weighted by Gasteiger charge is -2.18. The van der Waals surface area contributed by atoms with Crippen LogP contribution in [0.15, 0.2) is 30.3 Å². The van der Waals surface area contributed by atoms with Gasteiger partial charge in [-0.15, -0.1) is 0 Å². The second-order valence-corrected chi connectivity index (χ2v) is 7.76. The highest BCUT2D eigenvalue weighted by Crippen LogP contribution is 2.25. The largest absolute Gasteiger partial charge is 0.497 e. The van der Waals surface area contributed by atoms with Crippen molar-refractivity contribution >= 4 is 22.8 Å². The Balaban J connectivity index is 1.97. The number of carbonyl (C=O) groups excluding carboxylic acids is 1. The molecule has 0 saturated carbocycles. The highest BCUT2D eigenvalue weighted by Gasteiger charge is 2.22. The quantitative estimate of drug-likeness (QED) is 0.755. The standard InChI is InChI=1S/C21H26N4O2/c1-13-17(24-20(26)21(3,4)5)11-18-19(22-13)25(14(2)23-18)12-15-8-7-9-16(10-15)27-6/h7-11H,12H2,1-6H3,(H,24,26). The molecule has 0 aliphatic heterocycles. The van der Waals surface area contributed by atoms with Gasteiger partial charge in [-0.1, -0.05) is 32.9 Å². The number of nitrogens with one attached hydrogen (secondary N) is 1. The van der Waals surface area contributed by atoms with Gasteiger partial charge in [0.05, 0.1) is 25.0 Å². The zero-order valence-corrected chi connectivity index (χ0v) is 16.8. The monoisotopic (exact) mass is 366 g/mol. The summed E-state index contributed by atoms with van der Waals surface area (Å²) in [6, 6.07) is 9.86. The van der Waals surface area contributed by atoms with Crippen LogP contribution in [0, 0.1) is 19.3 Å². The molecule has 6 nitrogen and oxygen atoms in total. The second kappa shape index (κ2) is 7.02. The molecule has 0 bridgehead atoms. The number of methoxy groups -OCH3 is 1. The number of pyridine rings is 1. The van der Waals surface area contributed by atoms with Gasteiger partial charge in [-0.3, -0.25) is 4.79 Å². The number of amides is 1. The van der Waals surface area contributed by atoms with Gasteiger partial charge in [0.25, 0.3) is 0 Å². The average Bonchev–Trinajstić information content (AvgIpc) is 2.89. The van der Waals surface area contributed by atoms with Crippen LogP contribution in [0.5, 0.6) is 5.75 Å². The van der Waals surface area contributed by atoms with E-state index in [0.29, 0.717) is 12.2 Å². The van der Waals surface area contributed by atoms with Crippen molar-refractivity contribution in [2.75, 3.05) is 12.4 Å². The zero-order chi connectivity index (χ0) is 19.8. The number of hydrogen-bond donors (Lipinski definition) is 1. The minimum Gasteiger partial charge on any atom is -0.497 e. The Bertz CT molecular complexity index is 999. The van der Waals surface area contributed by atoms with Crippen LogP contribution in [0.4, 0.5) is 5.69 Å². The van der Waals surface area contributed by atoms with Crippen LogP contribution < -0.4 is 10.1 Å². The van der Waals surface area contributed by atoms with E-state index >= 15 is 0 Å². The fourth-order valence-corrected chi connectivity index (χ4v) is 2.83. The summed E-state index contributed by atoms with van der Waals surface area (Å²) < 4.78 is 7.39. The molecule has 27 heavy (non-hydrogen) atoms. The Labute approximate surface area is 159 Å². The van der Waals surface area contributed by atoms with Crippen molar-refractivity contribution in [3.05, 3.63) is 47.4 Å². The van der Waals surface area contributed by atoms with Gasteiger partial charge in [-0.05, 0) is 37.6 Å². The highest BCUT2D eigenvalue weighted by atomic mass is 16.5. The van der Waals surface area contributed by atoms with Gasteiger partial charge < -0.3 is 14.6 Å². The Morgan fingerprint density at radius 1 is 1.19 bits per heavy atom. The molecule has 0 unspecified atom stereocenters. The Hall–Kier alpha value is -2.89. The maximum Gasteiger partial charge on any atom is 0.229 e. The summed E-state index contributed by atoms with van der Waals surface area (Å²) in [7, 11) is 1.66. The molecule has 0 aliphatic rings. The first-order valence-corrected chi connectivity index (χ1v) is 8.98. The molecule has 2 heterocycles. The molecule has 0 radical (unpaired) electrons. The summed E-state index contributed by atoms with van der Waals surface area (Å²) in [5.74, 6) is 1.66. The lowest BCUT2D eigenvalue weighted by molar-refractivity contribution is -0.123. The van der Waals surface area contributed by atoms with Crippen LogP contribution >= 0.6 is 0 Å². The Morgan fingerprint density at radius 2 is 1.93 bits per heavy atom. The first-order valence-electron chi connectivity index (χ1n) is 8.98. The SMILES string of the molecule is COc1cccc(Cn2c(C)nc3cc(NC(=O)C(C)(C)C)c(C)nc32)c1. The number of imidazole rings is 1. The highest BCUT2D eigenvalue weighted by molar-refractivity contribution is 5.96. The molecule has 6 heteroatoms. The first kappa shape index (κ1) is 18.9. The van der Waals surface area contributed by atoms with E-state index in [1.54, 1.807) is 7.11 Å². The van der Waals surface area contributed by atoms with Crippen molar-refractivity contribution < 1.29 is 9.53 Å². The number of carbonyl (C=O) groups is 1. The van der Waals surface area contributed by atoms with E-state index in [1.165, 1.54) is 0 Å². The van der Waals surface area contributed by atoms with Crippen molar-refractivity contribution in [1.29, 1.82) is 0 Å². The van der Waals surface area contributed by atoms with E-state index in [-0.39, 0.29) is 5.91 Å². The lowest BCUT2D eigenvalue weighted by Crippen LogP contribution is -2.28. The normalized spacial score (nSPS) is 11.6. The van der Waals surface area contributed by atoms with Crippen molar-refractivity contribution in [2.45, 2.75) is 41.2 Å². The third-order valence-corrected chi connectivity index (χ3v) is 4.51. The molecule has 3 aromatic rings. The van der Waals surface area contributed by atoms with Gasteiger partial charge in [-0.25, -0.2) is 9.97 Å². The van der Waals surface area contributed by atoms with Gasteiger partial charge in [0.1, 0.15) is 17.1 Å². The molecule has 0 spiro atoms. The van der Waals surface area contributed by atoms with Crippen molar-refractivity contribution in [2.24, 2.45) is 5.41 Å². The molecule has 1 amide bonds. The summed E-state index contributed by atoms with van der Waals surface area (Å²) >= 11 is 0. The predicted octanol–water partition coefficient (Wildman–Crippen LogP) is 4.09. The van der Waals surface area contributed by atoms with Gasteiger partial charge in [-0.2, -0.15) is 0 Å². The van der Waals surface area contributed by atoms with E-state index in [1.807, 2.05) is 58.9 Å². The van der Waals surface area contributed by atoms with Crippen LogP contribution in [-0.4, -0.2) is 27.6 Å². The maximum absolute atomic E-state index is 12.3. The predicted molar refractivity (Wildman–Crippen MR) is 107 cm³/mol. The molecule has 2 aromatic heterocycles. The number of ether oxygens (including phenoxy) is 1. The number of rotatable bonds is 4. The Morgan fingerprint density at radius 3 is 2.59 bits per heavy atom. The zero-order valence-electron chi connectivity index (χ0n) is 16.8. The molecule has 0 saturated heterocycles. The number of benzene rings is 1. The van der Waals surface area contributed by atoms with Gasteiger partial charge in [0.2, 0.25) is 5.91 Å². The number of hydrogen-bond acceptors (Lipinski definition) is 4. The fraction of sp³-hybridized carbons (Fsp3) is 0.381. The fourth-order valence-electron chi connectivity index (χ4n) is 2.83. The second-order valence-electron chi connectivity index (χ2n) is 7.76. The molecule has 0 fully saturated rings. The third kappa shape index (κ3) is 3.94. The average molecular weight is 366 g/mol. The summed E-state index contributed by atoms with van der Waals surface area (Å²) in [6.07, 6.45) is 0. The number of aromatic nitrogens is 3. The maximum atomic E-state index is 12.3. The molecule has 0 aliphatic carbocycles. The Kier molecular flexibility index (Phi) is 4.91. The molecular formula is C21H26N4O2. The van der Waals surface area contributed by atoms with Crippen LogP contribution in [0.2, 0.25) is 0 Å². The molecule has 142 valence electrons. The van der Waals surface area contributed by atoms with Crippen LogP contribution in [0.3, 0.4) is 0 Å². The summed E-state index contributed by atoms with van der Waals surface area (Å²) in [6.45, 7) is 10.2. The van der Waals surface area contributed by atoms with E-state index in [0.717, 1.165) is 34.0 Å². The molecule has 3 rings (SSSR count). The molecular weight excluding hydrogens is 340 g/mol.